The molecule has 7 heteroatoms. The van der Waals surface area contributed by atoms with Crippen LogP contribution in [0.1, 0.15) is 25.0 Å². The molecule has 4 rings (SSSR count). The molecular weight excluding hydrogens is 334 g/mol. The molecule has 0 saturated carbocycles. The molecule has 1 aliphatic rings. The van der Waals surface area contributed by atoms with Gasteiger partial charge in [0.15, 0.2) is 0 Å². The molecule has 2 atom stereocenters. The van der Waals surface area contributed by atoms with E-state index in [1.165, 1.54) is 0 Å². The van der Waals surface area contributed by atoms with Crippen LogP contribution in [0.2, 0.25) is 0 Å². The molecule has 0 radical (unpaired) electrons. The van der Waals surface area contributed by atoms with Crippen LogP contribution in [0.25, 0.3) is 11.0 Å². The van der Waals surface area contributed by atoms with Gasteiger partial charge in [-0.1, -0.05) is 36.4 Å². The SMILES string of the molecule is CC1OC(c2ccccc2)(c2ccc3nc(NC(=O)[O-])[nH]c3c2)OC1C. The van der Waals surface area contributed by atoms with Crippen LogP contribution in [-0.4, -0.2) is 28.3 Å². The van der Waals surface area contributed by atoms with Crippen molar-refractivity contribution >= 4 is 23.1 Å². The van der Waals surface area contributed by atoms with Crippen molar-refractivity contribution in [3.05, 3.63) is 59.7 Å². The minimum atomic E-state index is -1.42. The second kappa shape index (κ2) is 6.12. The fraction of sp³-hybridized carbons (Fsp3) is 0.263. The predicted octanol–water partition coefficient (Wildman–Crippen LogP) is 2.34. The van der Waals surface area contributed by atoms with E-state index in [0.717, 1.165) is 11.1 Å². The number of ether oxygens (including phenoxy) is 2. The molecule has 0 bridgehead atoms. The molecule has 3 aromatic rings. The Hall–Kier alpha value is -2.90. The average molecular weight is 352 g/mol. The molecule has 1 aliphatic heterocycles. The van der Waals surface area contributed by atoms with Gasteiger partial charge in [-0.25, -0.2) is 4.98 Å². The highest BCUT2D eigenvalue weighted by molar-refractivity contribution is 5.84. The van der Waals surface area contributed by atoms with Crippen molar-refractivity contribution in [1.29, 1.82) is 0 Å². The van der Waals surface area contributed by atoms with Gasteiger partial charge in [-0.3, -0.25) is 0 Å². The highest BCUT2D eigenvalue weighted by Crippen LogP contribution is 2.43. The van der Waals surface area contributed by atoms with Crippen molar-refractivity contribution in [1.82, 2.24) is 9.97 Å². The number of amides is 1. The number of H-pyrrole nitrogens is 1. The van der Waals surface area contributed by atoms with Crippen LogP contribution in [0.4, 0.5) is 10.7 Å². The molecular formula is C19H18N3O4-. The summed E-state index contributed by atoms with van der Waals surface area (Å²) in [7, 11) is 0. The number of carboxylic acid groups (broad SMARTS) is 1. The van der Waals surface area contributed by atoms with Crippen LogP contribution in [0.5, 0.6) is 0 Å². The van der Waals surface area contributed by atoms with Crippen LogP contribution in [0, 0.1) is 0 Å². The van der Waals surface area contributed by atoms with Crippen LogP contribution in [0.15, 0.2) is 48.5 Å². The second-order valence-corrected chi connectivity index (χ2v) is 6.36. The zero-order valence-corrected chi connectivity index (χ0v) is 14.4. The Kier molecular flexibility index (Phi) is 3.90. The highest BCUT2D eigenvalue weighted by atomic mass is 16.8. The third kappa shape index (κ3) is 2.71. The lowest BCUT2D eigenvalue weighted by molar-refractivity contribution is -0.242. The summed E-state index contributed by atoms with van der Waals surface area (Å²) >= 11 is 0. The topological polar surface area (TPSA) is 99.3 Å². The number of carbonyl (C=O) groups excluding carboxylic acids is 1. The molecule has 1 aromatic heterocycles. The number of imidazole rings is 1. The number of anilines is 1. The van der Waals surface area contributed by atoms with Gasteiger partial charge in [0.1, 0.15) is 6.09 Å². The summed E-state index contributed by atoms with van der Waals surface area (Å²) in [6, 6.07) is 15.3. The number of aromatic nitrogens is 2. The number of hydrogen-bond donors (Lipinski definition) is 2. The van der Waals surface area contributed by atoms with Crippen molar-refractivity contribution in [2.24, 2.45) is 0 Å². The first kappa shape index (κ1) is 16.6. The molecule has 2 aromatic carbocycles. The summed E-state index contributed by atoms with van der Waals surface area (Å²) in [5.41, 5.74) is 2.99. The van der Waals surface area contributed by atoms with Gasteiger partial charge in [-0.2, -0.15) is 0 Å². The summed E-state index contributed by atoms with van der Waals surface area (Å²) in [6.07, 6.45) is -1.58. The molecule has 1 amide bonds. The number of aromatic amines is 1. The number of rotatable bonds is 3. The molecule has 2 N–H and O–H groups in total. The van der Waals surface area contributed by atoms with Crippen LogP contribution < -0.4 is 10.4 Å². The predicted molar refractivity (Wildman–Crippen MR) is 93.4 cm³/mol. The van der Waals surface area contributed by atoms with Gasteiger partial charge in [0.25, 0.3) is 0 Å². The quantitative estimate of drug-likeness (QED) is 0.754. The number of nitrogens with one attached hydrogen (secondary N) is 2. The van der Waals surface area contributed by atoms with E-state index >= 15 is 0 Å². The largest absolute Gasteiger partial charge is 0.530 e. The Morgan fingerprint density at radius 3 is 2.46 bits per heavy atom. The van der Waals surface area contributed by atoms with E-state index in [1.807, 2.05) is 56.3 Å². The minimum Gasteiger partial charge on any atom is -0.530 e. The Bertz CT molecular complexity index is 944. The van der Waals surface area contributed by atoms with Gasteiger partial charge in [0.2, 0.25) is 11.7 Å². The van der Waals surface area contributed by atoms with E-state index in [1.54, 1.807) is 6.07 Å². The Morgan fingerprint density at radius 2 is 1.81 bits per heavy atom. The molecule has 0 aliphatic carbocycles. The van der Waals surface area contributed by atoms with E-state index in [-0.39, 0.29) is 18.2 Å². The molecule has 7 nitrogen and oxygen atoms in total. The number of benzene rings is 2. The number of carbonyl (C=O) groups is 1. The lowest BCUT2D eigenvalue weighted by Gasteiger charge is -2.29. The van der Waals surface area contributed by atoms with E-state index in [4.69, 9.17) is 9.47 Å². The van der Waals surface area contributed by atoms with Crippen LogP contribution >= 0.6 is 0 Å². The first-order valence-corrected chi connectivity index (χ1v) is 8.37. The van der Waals surface area contributed by atoms with E-state index in [9.17, 15) is 9.90 Å². The molecule has 1 saturated heterocycles. The first-order valence-electron chi connectivity index (χ1n) is 8.37. The van der Waals surface area contributed by atoms with E-state index in [2.05, 4.69) is 15.3 Å². The monoisotopic (exact) mass is 352 g/mol. The van der Waals surface area contributed by atoms with Gasteiger partial charge in [-0.15, -0.1) is 0 Å². The maximum Gasteiger partial charge on any atom is 0.223 e. The highest BCUT2D eigenvalue weighted by Gasteiger charge is 2.47. The zero-order valence-electron chi connectivity index (χ0n) is 14.4. The second-order valence-electron chi connectivity index (χ2n) is 6.36. The van der Waals surface area contributed by atoms with Crippen LogP contribution in [0.3, 0.4) is 0 Å². The number of nitrogens with zero attached hydrogens (tertiary/aromatic N) is 1. The van der Waals surface area contributed by atoms with Gasteiger partial charge < -0.3 is 29.7 Å². The third-order valence-corrected chi connectivity index (χ3v) is 4.60. The third-order valence-electron chi connectivity index (χ3n) is 4.60. The fourth-order valence-electron chi connectivity index (χ4n) is 3.21. The standard InChI is InChI=1S/C19H19N3O4/c1-11-12(2)26-19(25-11,13-6-4-3-5-7-13)14-8-9-15-16(10-14)21-17(20-15)22-18(23)24/h3-12H,1-2H3,(H,23,24)(H2,20,21,22)/p-1. The number of fused-ring (bicyclic) bond motifs is 1. The normalized spacial score (nSPS) is 25.5. The van der Waals surface area contributed by atoms with Crippen molar-refractivity contribution < 1.29 is 19.4 Å². The van der Waals surface area contributed by atoms with Crippen molar-refractivity contribution in [2.75, 3.05) is 5.32 Å². The summed E-state index contributed by atoms with van der Waals surface area (Å²) in [5, 5.41) is 12.8. The first-order chi connectivity index (χ1) is 12.5. The summed E-state index contributed by atoms with van der Waals surface area (Å²) in [4.78, 5) is 17.8. The summed E-state index contributed by atoms with van der Waals surface area (Å²) in [6.45, 7) is 3.96. The lowest BCUT2D eigenvalue weighted by Crippen LogP contribution is -2.29. The summed E-state index contributed by atoms with van der Waals surface area (Å²) < 4.78 is 12.6. The molecule has 0 spiro atoms. The van der Waals surface area contributed by atoms with Gasteiger partial charge >= 0.3 is 0 Å². The lowest BCUT2D eigenvalue weighted by atomic mass is 9.97. The van der Waals surface area contributed by atoms with Crippen LogP contribution in [-0.2, 0) is 15.3 Å². The molecule has 2 heterocycles. The van der Waals surface area contributed by atoms with E-state index in [0.29, 0.717) is 11.0 Å². The number of hydrogen-bond acceptors (Lipinski definition) is 5. The Morgan fingerprint density at radius 1 is 1.12 bits per heavy atom. The average Bonchev–Trinajstić information content (AvgIpc) is 3.15. The van der Waals surface area contributed by atoms with Crippen molar-refractivity contribution in [2.45, 2.75) is 31.8 Å². The molecule has 1 fully saturated rings. The maximum atomic E-state index is 10.7. The van der Waals surface area contributed by atoms with Gasteiger partial charge in [-0.05, 0) is 26.0 Å². The molecule has 134 valence electrons. The fourth-order valence-corrected chi connectivity index (χ4v) is 3.21. The molecule has 2 unspecified atom stereocenters. The van der Waals surface area contributed by atoms with Crippen molar-refractivity contribution in [3.8, 4) is 0 Å². The van der Waals surface area contributed by atoms with E-state index < -0.39 is 11.9 Å². The molecule has 26 heavy (non-hydrogen) atoms. The Balaban J connectivity index is 1.82. The smallest absolute Gasteiger partial charge is 0.223 e. The Labute approximate surface area is 150 Å². The van der Waals surface area contributed by atoms with Gasteiger partial charge in [0, 0.05) is 11.1 Å². The summed E-state index contributed by atoms with van der Waals surface area (Å²) in [5.74, 6) is -0.914. The maximum absolute atomic E-state index is 10.7. The van der Waals surface area contributed by atoms with Gasteiger partial charge in [0.05, 0.1) is 23.2 Å². The zero-order chi connectivity index (χ0) is 18.3. The minimum absolute atomic E-state index is 0.0806. The van der Waals surface area contributed by atoms with Crippen molar-refractivity contribution in [3.63, 3.8) is 0 Å².